The maximum Gasteiger partial charge on any atom is 0.307 e. The molecule has 1 amide bonds. The monoisotopic (exact) mass is 279 g/mol. The van der Waals surface area contributed by atoms with Crippen LogP contribution in [0.1, 0.15) is 20.3 Å². The van der Waals surface area contributed by atoms with E-state index in [-0.39, 0.29) is 35.9 Å². The zero-order chi connectivity index (χ0) is 14.4. The molecule has 5 nitrogen and oxygen atoms in total. The number of carbonyl (C=O) groups excluding carboxylic acids is 1. The maximum atomic E-state index is 12.8. The third kappa shape index (κ3) is 2.14. The van der Waals surface area contributed by atoms with Crippen molar-refractivity contribution in [3.05, 3.63) is 12.2 Å². The minimum atomic E-state index is -0.838. The van der Waals surface area contributed by atoms with Crippen molar-refractivity contribution in [1.82, 2.24) is 4.90 Å². The fourth-order valence-electron chi connectivity index (χ4n) is 4.06. The summed E-state index contributed by atoms with van der Waals surface area (Å²) < 4.78 is 5.64. The summed E-state index contributed by atoms with van der Waals surface area (Å²) in [7, 11) is 0. The number of hydrogen-bond donors (Lipinski definition) is 1. The van der Waals surface area contributed by atoms with Crippen molar-refractivity contribution < 1.29 is 19.4 Å². The molecule has 1 heterocycles. The van der Waals surface area contributed by atoms with Crippen LogP contribution < -0.4 is 0 Å². The lowest BCUT2D eigenvalue weighted by atomic mass is 9.82. The first-order valence-corrected chi connectivity index (χ1v) is 7.32. The van der Waals surface area contributed by atoms with Gasteiger partial charge in [0.1, 0.15) is 0 Å². The molecule has 3 rings (SSSR count). The highest BCUT2D eigenvalue weighted by atomic mass is 16.5. The third-order valence-electron chi connectivity index (χ3n) is 4.76. The van der Waals surface area contributed by atoms with Gasteiger partial charge < -0.3 is 14.7 Å². The molecule has 0 aromatic rings. The summed E-state index contributed by atoms with van der Waals surface area (Å²) in [5, 5.41) is 9.43. The highest BCUT2D eigenvalue weighted by Gasteiger charge is 2.52. The Balaban J connectivity index is 1.79. The van der Waals surface area contributed by atoms with Gasteiger partial charge in [-0.3, -0.25) is 9.59 Å². The van der Waals surface area contributed by atoms with Crippen LogP contribution in [-0.4, -0.2) is 47.2 Å². The Hall–Kier alpha value is -1.36. The molecule has 2 bridgehead atoms. The van der Waals surface area contributed by atoms with Crippen molar-refractivity contribution in [1.29, 1.82) is 0 Å². The molecule has 3 aliphatic rings. The van der Waals surface area contributed by atoms with Crippen molar-refractivity contribution in [2.24, 2.45) is 23.7 Å². The second-order valence-electron chi connectivity index (χ2n) is 6.34. The van der Waals surface area contributed by atoms with Gasteiger partial charge in [-0.2, -0.15) is 0 Å². The molecule has 1 aliphatic heterocycles. The van der Waals surface area contributed by atoms with Crippen LogP contribution in [0.2, 0.25) is 0 Å². The molecule has 0 aromatic carbocycles. The minimum Gasteiger partial charge on any atom is -0.481 e. The maximum absolute atomic E-state index is 12.8. The molecule has 0 radical (unpaired) electrons. The highest BCUT2D eigenvalue weighted by molar-refractivity contribution is 5.87. The number of carbonyl (C=O) groups is 2. The van der Waals surface area contributed by atoms with Gasteiger partial charge in [0.25, 0.3) is 0 Å². The lowest BCUT2D eigenvalue weighted by Gasteiger charge is -2.38. The number of rotatable bonds is 2. The molecule has 20 heavy (non-hydrogen) atoms. The molecule has 0 spiro atoms. The Kier molecular flexibility index (Phi) is 3.32. The Morgan fingerprint density at radius 2 is 1.65 bits per heavy atom. The van der Waals surface area contributed by atoms with Gasteiger partial charge in [0.2, 0.25) is 5.91 Å². The van der Waals surface area contributed by atoms with Gasteiger partial charge in [-0.05, 0) is 32.1 Å². The van der Waals surface area contributed by atoms with E-state index in [4.69, 9.17) is 4.74 Å². The summed E-state index contributed by atoms with van der Waals surface area (Å²) in [5.74, 6) is -1.65. The number of nitrogens with zero attached hydrogens (tertiary/aromatic N) is 1. The molecule has 6 atom stereocenters. The summed E-state index contributed by atoms with van der Waals surface area (Å²) in [6.07, 6.45) is 4.83. The second-order valence-corrected chi connectivity index (χ2v) is 6.34. The molecule has 110 valence electrons. The summed E-state index contributed by atoms with van der Waals surface area (Å²) in [6.45, 7) is 5.02. The van der Waals surface area contributed by atoms with Crippen molar-refractivity contribution in [2.75, 3.05) is 13.1 Å². The Morgan fingerprint density at radius 3 is 2.20 bits per heavy atom. The standard InChI is InChI=1S/C15H21NO4/c1-8-6-16(7-9(2)20-8)14(17)12-10-3-4-11(5-10)13(12)15(18)19/h3-4,8-13H,5-7H2,1-2H3,(H,18,19)/t8-,9+,10?,11?,12?,13?. The van der Waals surface area contributed by atoms with E-state index in [2.05, 4.69) is 0 Å². The largest absolute Gasteiger partial charge is 0.481 e. The number of carboxylic acid groups (broad SMARTS) is 1. The van der Waals surface area contributed by atoms with Gasteiger partial charge in [-0.25, -0.2) is 0 Å². The zero-order valence-corrected chi connectivity index (χ0v) is 11.9. The van der Waals surface area contributed by atoms with Crippen LogP contribution in [0.25, 0.3) is 0 Å². The van der Waals surface area contributed by atoms with Gasteiger partial charge in [0, 0.05) is 13.1 Å². The van der Waals surface area contributed by atoms with Gasteiger partial charge in [0.15, 0.2) is 0 Å². The quantitative estimate of drug-likeness (QED) is 0.770. The number of allylic oxidation sites excluding steroid dienone is 2. The van der Waals surface area contributed by atoms with Crippen LogP contribution in [0.5, 0.6) is 0 Å². The van der Waals surface area contributed by atoms with Crippen molar-refractivity contribution >= 4 is 11.9 Å². The fraction of sp³-hybridized carbons (Fsp3) is 0.733. The van der Waals surface area contributed by atoms with Crippen LogP contribution in [0.15, 0.2) is 12.2 Å². The molecule has 4 unspecified atom stereocenters. The Morgan fingerprint density at radius 1 is 1.10 bits per heavy atom. The number of amides is 1. The average molecular weight is 279 g/mol. The number of fused-ring (bicyclic) bond motifs is 2. The number of hydrogen-bond acceptors (Lipinski definition) is 3. The van der Waals surface area contributed by atoms with E-state index in [1.165, 1.54) is 0 Å². The van der Waals surface area contributed by atoms with Gasteiger partial charge >= 0.3 is 5.97 Å². The molecule has 2 fully saturated rings. The number of ether oxygens (including phenoxy) is 1. The van der Waals surface area contributed by atoms with Crippen LogP contribution in [0.3, 0.4) is 0 Å². The molecule has 1 saturated heterocycles. The second kappa shape index (κ2) is 4.88. The van der Waals surface area contributed by atoms with E-state index in [1.807, 2.05) is 26.0 Å². The van der Waals surface area contributed by atoms with Crippen molar-refractivity contribution in [3.63, 3.8) is 0 Å². The molecule has 2 aliphatic carbocycles. The predicted molar refractivity (Wildman–Crippen MR) is 71.9 cm³/mol. The molecule has 1 saturated carbocycles. The van der Waals surface area contributed by atoms with Gasteiger partial charge in [0.05, 0.1) is 24.0 Å². The minimum absolute atomic E-state index is 0.00347. The number of carboxylic acids is 1. The van der Waals surface area contributed by atoms with E-state index in [0.29, 0.717) is 13.1 Å². The lowest BCUT2D eigenvalue weighted by molar-refractivity contribution is -0.156. The zero-order valence-electron chi connectivity index (χ0n) is 11.9. The highest BCUT2D eigenvalue weighted by Crippen LogP contribution is 2.48. The summed E-state index contributed by atoms with van der Waals surface area (Å²) >= 11 is 0. The summed E-state index contributed by atoms with van der Waals surface area (Å²) in [6, 6.07) is 0. The first-order chi connectivity index (χ1) is 9.47. The Bertz CT molecular complexity index is 451. The first-order valence-electron chi connectivity index (χ1n) is 7.32. The van der Waals surface area contributed by atoms with Crippen LogP contribution >= 0.6 is 0 Å². The smallest absolute Gasteiger partial charge is 0.307 e. The molecule has 0 aromatic heterocycles. The topological polar surface area (TPSA) is 66.8 Å². The van der Waals surface area contributed by atoms with E-state index in [9.17, 15) is 14.7 Å². The van der Waals surface area contributed by atoms with Crippen molar-refractivity contribution in [2.45, 2.75) is 32.5 Å². The van der Waals surface area contributed by atoms with Crippen molar-refractivity contribution in [3.8, 4) is 0 Å². The van der Waals surface area contributed by atoms with E-state index in [0.717, 1.165) is 6.42 Å². The van der Waals surface area contributed by atoms with E-state index >= 15 is 0 Å². The summed E-state index contributed by atoms with van der Waals surface area (Å²) in [5.41, 5.74) is 0. The lowest BCUT2D eigenvalue weighted by Crippen LogP contribution is -2.52. The molecular formula is C15H21NO4. The normalized spacial score (nSPS) is 43.0. The molecular weight excluding hydrogens is 258 g/mol. The summed E-state index contributed by atoms with van der Waals surface area (Å²) in [4.78, 5) is 26.1. The Labute approximate surface area is 118 Å². The molecule has 5 heteroatoms. The van der Waals surface area contributed by atoms with E-state index in [1.54, 1.807) is 4.90 Å². The average Bonchev–Trinajstić information content (AvgIpc) is 2.96. The number of morpholine rings is 1. The van der Waals surface area contributed by atoms with Crippen LogP contribution in [0.4, 0.5) is 0 Å². The molecule has 1 N–H and O–H groups in total. The fourth-order valence-corrected chi connectivity index (χ4v) is 4.06. The van der Waals surface area contributed by atoms with E-state index < -0.39 is 11.9 Å². The van der Waals surface area contributed by atoms with Crippen LogP contribution in [0, 0.1) is 23.7 Å². The first kappa shape index (κ1) is 13.6. The van der Waals surface area contributed by atoms with Gasteiger partial charge in [-0.1, -0.05) is 12.2 Å². The SMILES string of the molecule is C[C@@H]1CN(C(=O)C2C3C=CC(C3)C2C(=O)O)C[C@H](C)O1. The number of aliphatic carboxylic acids is 1. The van der Waals surface area contributed by atoms with Crippen LogP contribution in [-0.2, 0) is 14.3 Å². The predicted octanol–water partition coefficient (Wildman–Crippen LogP) is 1.15. The third-order valence-corrected chi connectivity index (χ3v) is 4.76. The van der Waals surface area contributed by atoms with Gasteiger partial charge in [-0.15, -0.1) is 0 Å².